The first kappa shape index (κ1) is 10.2. The van der Waals surface area contributed by atoms with Gasteiger partial charge in [-0.15, -0.1) is 11.6 Å². The molecule has 72 valence electrons. The van der Waals surface area contributed by atoms with Crippen molar-refractivity contribution in [3.63, 3.8) is 0 Å². The SMILES string of the molecule is Nc1ncc(C(O)C(O)CCl)cn1. The highest BCUT2D eigenvalue weighted by atomic mass is 35.5. The Hall–Kier alpha value is -0.910. The molecule has 0 radical (unpaired) electrons. The van der Waals surface area contributed by atoms with Gasteiger partial charge in [0.05, 0.1) is 12.0 Å². The fourth-order valence-corrected chi connectivity index (χ4v) is 0.976. The third kappa shape index (κ3) is 2.51. The number of aliphatic hydroxyl groups is 2. The van der Waals surface area contributed by atoms with Crippen LogP contribution >= 0.6 is 11.6 Å². The number of rotatable bonds is 3. The Kier molecular flexibility index (Phi) is 3.41. The van der Waals surface area contributed by atoms with Gasteiger partial charge in [-0.25, -0.2) is 9.97 Å². The predicted octanol–water partition coefficient (Wildman–Crippen LogP) is -0.308. The van der Waals surface area contributed by atoms with Crippen LogP contribution in [0.2, 0.25) is 0 Å². The van der Waals surface area contributed by atoms with E-state index < -0.39 is 12.2 Å². The molecule has 0 saturated heterocycles. The average molecular weight is 204 g/mol. The van der Waals surface area contributed by atoms with E-state index in [-0.39, 0.29) is 11.8 Å². The molecule has 1 aromatic rings. The van der Waals surface area contributed by atoms with E-state index >= 15 is 0 Å². The minimum atomic E-state index is -1.07. The molecule has 0 bridgehead atoms. The van der Waals surface area contributed by atoms with Crippen molar-refractivity contribution in [2.24, 2.45) is 0 Å². The number of hydrogen-bond donors (Lipinski definition) is 3. The van der Waals surface area contributed by atoms with Crippen LogP contribution in [-0.2, 0) is 0 Å². The van der Waals surface area contributed by atoms with E-state index in [0.717, 1.165) is 0 Å². The molecule has 1 rings (SSSR count). The van der Waals surface area contributed by atoms with Crippen molar-refractivity contribution < 1.29 is 10.2 Å². The van der Waals surface area contributed by atoms with Crippen molar-refractivity contribution in [3.8, 4) is 0 Å². The van der Waals surface area contributed by atoms with Crippen LogP contribution in [0.15, 0.2) is 12.4 Å². The Morgan fingerprint density at radius 1 is 1.38 bits per heavy atom. The van der Waals surface area contributed by atoms with Crippen LogP contribution in [-0.4, -0.2) is 32.2 Å². The van der Waals surface area contributed by atoms with E-state index in [1.54, 1.807) is 0 Å². The third-order valence-corrected chi connectivity index (χ3v) is 1.87. The number of nitrogen functional groups attached to an aromatic ring is 1. The topological polar surface area (TPSA) is 92.3 Å². The number of anilines is 1. The Morgan fingerprint density at radius 3 is 2.38 bits per heavy atom. The molecule has 0 aromatic carbocycles. The molecule has 1 aromatic heterocycles. The third-order valence-electron chi connectivity index (χ3n) is 1.56. The fraction of sp³-hybridized carbons (Fsp3) is 0.429. The lowest BCUT2D eigenvalue weighted by atomic mass is 10.1. The summed E-state index contributed by atoms with van der Waals surface area (Å²) < 4.78 is 0. The molecule has 6 heteroatoms. The zero-order chi connectivity index (χ0) is 9.84. The number of aromatic nitrogens is 2. The van der Waals surface area contributed by atoms with Gasteiger partial charge in [-0.05, 0) is 0 Å². The molecule has 2 unspecified atom stereocenters. The highest BCUT2D eigenvalue weighted by molar-refractivity contribution is 6.18. The van der Waals surface area contributed by atoms with Crippen molar-refractivity contribution in [3.05, 3.63) is 18.0 Å². The largest absolute Gasteiger partial charge is 0.389 e. The average Bonchev–Trinajstić information content (AvgIpc) is 2.17. The summed E-state index contributed by atoms with van der Waals surface area (Å²) in [5.41, 5.74) is 5.63. The molecular weight excluding hydrogens is 194 g/mol. The first-order valence-corrected chi connectivity index (χ1v) is 4.18. The number of alkyl halides is 1. The number of hydrogen-bond acceptors (Lipinski definition) is 5. The highest BCUT2D eigenvalue weighted by Gasteiger charge is 2.17. The van der Waals surface area contributed by atoms with Crippen molar-refractivity contribution in [2.75, 3.05) is 11.6 Å². The quantitative estimate of drug-likeness (QED) is 0.587. The van der Waals surface area contributed by atoms with E-state index in [1.165, 1.54) is 12.4 Å². The number of nitrogens with two attached hydrogens (primary N) is 1. The number of aliphatic hydroxyl groups excluding tert-OH is 2. The van der Waals surface area contributed by atoms with Crippen molar-refractivity contribution in [1.29, 1.82) is 0 Å². The Labute approximate surface area is 80.2 Å². The van der Waals surface area contributed by atoms with Gasteiger partial charge in [-0.1, -0.05) is 0 Å². The zero-order valence-electron chi connectivity index (χ0n) is 6.76. The maximum absolute atomic E-state index is 9.42. The lowest BCUT2D eigenvalue weighted by Gasteiger charge is -2.14. The second-order valence-corrected chi connectivity index (χ2v) is 2.85. The van der Waals surface area contributed by atoms with Gasteiger partial charge in [0.25, 0.3) is 0 Å². The van der Waals surface area contributed by atoms with Crippen molar-refractivity contribution >= 4 is 17.5 Å². The molecule has 0 aliphatic heterocycles. The summed E-state index contributed by atoms with van der Waals surface area (Å²) in [5, 5.41) is 18.6. The molecule has 0 aliphatic carbocycles. The monoisotopic (exact) mass is 203 g/mol. The normalized spacial score (nSPS) is 15.3. The summed E-state index contributed by atoms with van der Waals surface area (Å²) in [6.07, 6.45) is 0.609. The van der Waals surface area contributed by atoms with E-state index in [4.69, 9.17) is 17.3 Å². The lowest BCUT2D eigenvalue weighted by Crippen LogP contribution is -2.20. The standard InChI is InChI=1S/C7H10ClN3O2/c8-1-5(12)6(13)4-2-10-7(9)11-3-4/h2-3,5-6,12-13H,1H2,(H2,9,10,11). The molecular formula is C7H10ClN3O2. The van der Waals surface area contributed by atoms with E-state index in [2.05, 4.69) is 9.97 Å². The van der Waals surface area contributed by atoms with Gasteiger partial charge in [-0.3, -0.25) is 0 Å². The van der Waals surface area contributed by atoms with Gasteiger partial charge in [0.1, 0.15) is 6.10 Å². The minimum absolute atomic E-state index is 0.0501. The Balaban J connectivity index is 2.77. The molecule has 0 fully saturated rings. The molecule has 2 atom stereocenters. The van der Waals surface area contributed by atoms with Crippen LogP contribution in [0.4, 0.5) is 5.95 Å². The maximum Gasteiger partial charge on any atom is 0.219 e. The second kappa shape index (κ2) is 4.36. The summed E-state index contributed by atoms with van der Waals surface area (Å²) in [5.74, 6) is 0.0715. The first-order valence-electron chi connectivity index (χ1n) is 3.64. The summed E-state index contributed by atoms with van der Waals surface area (Å²) >= 11 is 5.35. The van der Waals surface area contributed by atoms with Crippen molar-refractivity contribution in [2.45, 2.75) is 12.2 Å². The van der Waals surface area contributed by atoms with Gasteiger partial charge < -0.3 is 15.9 Å². The van der Waals surface area contributed by atoms with Gasteiger partial charge in [0.15, 0.2) is 0 Å². The minimum Gasteiger partial charge on any atom is -0.389 e. The van der Waals surface area contributed by atoms with E-state index in [9.17, 15) is 10.2 Å². The van der Waals surface area contributed by atoms with Gasteiger partial charge in [-0.2, -0.15) is 0 Å². The van der Waals surface area contributed by atoms with Gasteiger partial charge in [0, 0.05) is 18.0 Å². The van der Waals surface area contributed by atoms with E-state index in [1.807, 2.05) is 0 Å². The van der Waals surface area contributed by atoms with Gasteiger partial charge in [0.2, 0.25) is 5.95 Å². The summed E-state index contributed by atoms with van der Waals surface area (Å²) in [7, 11) is 0. The summed E-state index contributed by atoms with van der Waals surface area (Å²) in [4.78, 5) is 7.34. The number of nitrogens with zero attached hydrogens (tertiary/aromatic N) is 2. The van der Waals surface area contributed by atoms with Crippen LogP contribution in [0.25, 0.3) is 0 Å². The fourth-order valence-electron chi connectivity index (χ4n) is 0.807. The highest BCUT2D eigenvalue weighted by Crippen LogP contribution is 2.15. The zero-order valence-corrected chi connectivity index (χ0v) is 7.52. The van der Waals surface area contributed by atoms with Crippen molar-refractivity contribution in [1.82, 2.24) is 9.97 Å². The summed E-state index contributed by atoms with van der Waals surface area (Å²) in [6, 6.07) is 0. The lowest BCUT2D eigenvalue weighted by molar-refractivity contribution is 0.0323. The Morgan fingerprint density at radius 2 is 1.92 bits per heavy atom. The van der Waals surface area contributed by atoms with Crippen LogP contribution in [0.5, 0.6) is 0 Å². The smallest absolute Gasteiger partial charge is 0.219 e. The predicted molar refractivity (Wildman–Crippen MR) is 48.1 cm³/mol. The molecule has 0 spiro atoms. The molecule has 1 heterocycles. The molecule has 5 nitrogen and oxygen atoms in total. The van der Waals surface area contributed by atoms with Gasteiger partial charge >= 0.3 is 0 Å². The van der Waals surface area contributed by atoms with Crippen LogP contribution < -0.4 is 5.73 Å². The van der Waals surface area contributed by atoms with Crippen LogP contribution in [0.1, 0.15) is 11.7 Å². The maximum atomic E-state index is 9.42. The van der Waals surface area contributed by atoms with E-state index in [0.29, 0.717) is 5.56 Å². The van der Waals surface area contributed by atoms with Crippen LogP contribution in [0, 0.1) is 0 Å². The first-order chi connectivity index (χ1) is 6.15. The molecule has 4 N–H and O–H groups in total. The number of halogens is 1. The second-order valence-electron chi connectivity index (χ2n) is 2.54. The Bertz CT molecular complexity index is 267. The molecule has 0 aliphatic rings. The molecule has 0 amide bonds. The molecule has 13 heavy (non-hydrogen) atoms. The molecule has 0 saturated carbocycles. The summed E-state index contributed by atoms with van der Waals surface area (Å²) in [6.45, 7) is 0. The van der Waals surface area contributed by atoms with Crippen LogP contribution in [0.3, 0.4) is 0 Å².